The number of Topliss-reactive ketones (excluding diaryl/α,β-unsaturated/α-hetero) is 1. The number of hydrogen-bond donors (Lipinski definition) is 0. The van der Waals surface area contributed by atoms with Gasteiger partial charge in [0, 0.05) is 18.2 Å². The van der Waals surface area contributed by atoms with E-state index in [9.17, 15) is 14.9 Å². The molecule has 0 aromatic heterocycles. The number of nitriles is 1. The summed E-state index contributed by atoms with van der Waals surface area (Å²) in [6, 6.07) is 17.4. The van der Waals surface area contributed by atoms with Crippen molar-refractivity contribution < 1.29 is 14.3 Å². The molecule has 1 aliphatic rings. The van der Waals surface area contributed by atoms with Crippen LogP contribution in [0.4, 0.5) is 5.69 Å². The molecule has 5 heteroatoms. The minimum atomic E-state index is -0.462. The van der Waals surface area contributed by atoms with E-state index in [2.05, 4.69) is 0 Å². The van der Waals surface area contributed by atoms with E-state index in [1.165, 1.54) is 12.0 Å². The quantitative estimate of drug-likeness (QED) is 0.494. The van der Waals surface area contributed by atoms with Gasteiger partial charge in [-0.1, -0.05) is 48.5 Å². The molecule has 0 radical (unpaired) electrons. The van der Waals surface area contributed by atoms with Crippen molar-refractivity contribution in [1.29, 1.82) is 5.26 Å². The molecule has 1 amide bonds. The zero-order valence-corrected chi connectivity index (χ0v) is 13.0. The van der Waals surface area contributed by atoms with Gasteiger partial charge < -0.3 is 4.74 Å². The molecule has 24 heavy (non-hydrogen) atoms. The first-order valence-electron chi connectivity index (χ1n) is 7.33. The molecule has 1 heterocycles. The number of nitrogens with zero attached hydrogens (tertiary/aromatic N) is 2. The summed E-state index contributed by atoms with van der Waals surface area (Å²) in [5.41, 5.74) is 1.54. The van der Waals surface area contributed by atoms with Crippen molar-refractivity contribution >= 4 is 23.0 Å². The van der Waals surface area contributed by atoms with E-state index in [-0.39, 0.29) is 17.9 Å². The SMILES string of the molecule is COCN1C(=O)/C(=C(/C#N)C(=O)c2ccccc2)c2ccccc21. The number of rotatable bonds is 4. The topological polar surface area (TPSA) is 70.4 Å². The summed E-state index contributed by atoms with van der Waals surface area (Å²) in [6.07, 6.45) is 0. The highest BCUT2D eigenvalue weighted by Crippen LogP contribution is 2.38. The second-order valence-electron chi connectivity index (χ2n) is 5.23. The van der Waals surface area contributed by atoms with Gasteiger partial charge in [0.25, 0.3) is 5.91 Å². The molecule has 0 saturated heterocycles. The third-order valence-electron chi connectivity index (χ3n) is 3.81. The maximum atomic E-state index is 12.8. The smallest absolute Gasteiger partial charge is 0.262 e. The molecule has 0 aliphatic carbocycles. The van der Waals surface area contributed by atoms with E-state index >= 15 is 0 Å². The van der Waals surface area contributed by atoms with Crippen molar-refractivity contribution in [1.82, 2.24) is 0 Å². The van der Waals surface area contributed by atoms with Gasteiger partial charge in [0.15, 0.2) is 0 Å². The fourth-order valence-corrected chi connectivity index (χ4v) is 2.73. The number of allylic oxidation sites excluding steroid dienone is 1. The van der Waals surface area contributed by atoms with Gasteiger partial charge in [-0.25, -0.2) is 0 Å². The molecule has 0 spiro atoms. The van der Waals surface area contributed by atoms with Crippen LogP contribution in [-0.2, 0) is 9.53 Å². The number of anilines is 1. The summed E-state index contributed by atoms with van der Waals surface area (Å²) < 4.78 is 5.07. The second kappa shape index (κ2) is 6.49. The zero-order valence-electron chi connectivity index (χ0n) is 13.0. The number of carbonyl (C=O) groups is 2. The van der Waals surface area contributed by atoms with Crippen LogP contribution >= 0.6 is 0 Å². The number of carbonyl (C=O) groups excluding carboxylic acids is 2. The molecule has 0 fully saturated rings. The van der Waals surface area contributed by atoms with Crippen molar-refractivity contribution in [2.24, 2.45) is 0 Å². The van der Waals surface area contributed by atoms with Crippen LogP contribution < -0.4 is 4.90 Å². The fourth-order valence-electron chi connectivity index (χ4n) is 2.73. The molecule has 2 aromatic rings. The maximum absolute atomic E-state index is 12.8. The normalized spacial score (nSPS) is 15.0. The van der Waals surface area contributed by atoms with Crippen LogP contribution in [0, 0.1) is 11.3 Å². The van der Waals surface area contributed by atoms with Gasteiger partial charge >= 0.3 is 0 Å². The van der Waals surface area contributed by atoms with Gasteiger partial charge in [0.1, 0.15) is 18.4 Å². The van der Waals surface area contributed by atoms with Gasteiger partial charge in [-0.2, -0.15) is 5.26 Å². The Bertz CT molecular complexity index is 879. The number of amides is 1. The summed E-state index contributed by atoms with van der Waals surface area (Å²) in [5.74, 6) is -0.866. The van der Waals surface area contributed by atoms with Gasteiger partial charge in [-0.3, -0.25) is 14.5 Å². The Morgan fingerprint density at radius 3 is 2.46 bits per heavy atom. The average molecular weight is 318 g/mol. The summed E-state index contributed by atoms with van der Waals surface area (Å²) in [7, 11) is 1.48. The predicted molar refractivity (Wildman–Crippen MR) is 89.1 cm³/mol. The molecule has 118 valence electrons. The number of methoxy groups -OCH3 is 1. The van der Waals surface area contributed by atoms with Crippen LogP contribution in [0.1, 0.15) is 15.9 Å². The van der Waals surface area contributed by atoms with Crippen LogP contribution in [0.5, 0.6) is 0 Å². The first-order valence-corrected chi connectivity index (χ1v) is 7.33. The van der Waals surface area contributed by atoms with E-state index in [4.69, 9.17) is 4.74 Å². The fraction of sp³-hybridized carbons (Fsp3) is 0.105. The minimum Gasteiger partial charge on any atom is -0.364 e. The number of para-hydroxylation sites is 1. The summed E-state index contributed by atoms with van der Waals surface area (Å²) in [5, 5.41) is 9.55. The predicted octanol–water partition coefficient (Wildman–Crippen LogP) is 2.80. The molecule has 0 N–H and O–H groups in total. The van der Waals surface area contributed by atoms with Crippen molar-refractivity contribution in [3.05, 3.63) is 71.3 Å². The number of ether oxygens (including phenoxy) is 1. The lowest BCUT2D eigenvalue weighted by Crippen LogP contribution is -2.29. The Kier molecular flexibility index (Phi) is 4.23. The molecule has 2 aromatic carbocycles. The van der Waals surface area contributed by atoms with E-state index in [0.717, 1.165) is 0 Å². The van der Waals surface area contributed by atoms with Crippen LogP contribution in [0.3, 0.4) is 0 Å². The Morgan fingerprint density at radius 2 is 1.79 bits per heavy atom. The van der Waals surface area contributed by atoms with Crippen LogP contribution in [0.2, 0.25) is 0 Å². The van der Waals surface area contributed by atoms with E-state index in [0.29, 0.717) is 16.8 Å². The Balaban J connectivity index is 2.18. The lowest BCUT2D eigenvalue weighted by Gasteiger charge is -2.15. The molecule has 0 atom stereocenters. The molecule has 0 saturated carbocycles. The second-order valence-corrected chi connectivity index (χ2v) is 5.23. The third-order valence-corrected chi connectivity index (χ3v) is 3.81. The maximum Gasteiger partial charge on any atom is 0.262 e. The van der Waals surface area contributed by atoms with Gasteiger partial charge in [0.05, 0.1) is 11.3 Å². The lowest BCUT2D eigenvalue weighted by molar-refractivity contribution is -0.113. The highest BCUT2D eigenvalue weighted by molar-refractivity contribution is 6.38. The van der Waals surface area contributed by atoms with Crippen LogP contribution in [0.25, 0.3) is 5.57 Å². The largest absolute Gasteiger partial charge is 0.364 e. The zero-order chi connectivity index (χ0) is 17.1. The number of benzene rings is 2. The van der Waals surface area contributed by atoms with Crippen molar-refractivity contribution in [3.63, 3.8) is 0 Å². The molecule has 3 rings (SSSR count). The molecule has 0 unspecified atom stereocenters. The molecule has 5 nitrogen and oxygen atoms in total. The van der Waals surface area contributed by atoms with E-state index < -0.39 is 11.7 Å². The lowest BCUT2D eigenvalue weighted by atomic mass is 9.95. The molecular weight excluding hydrogens is 304 g/mol. The number of fused-ring (bicyclic) bond motifs is 1. The Hall–Kier alpha value is -3.23. The summed E-state index contributed by atoms with van der Waals surface area (Å²) in [6.45, 7) is 0.0532. The molecule has 0 bridgehead atoms. The minimum absolute atomic E-state index is 0.0532. The molecule has 1 aliphatic heterocycles. The van der Waals surface area contributed by atoms with E-state index in [1.807, 2.05) is 6.07 Å². The Labute approximate surface area is 139 Å². The van der Waals surface area contributed by atoms with Crippen molar-refractivity contribution in [3.8, 4) is 6.07 Å². The highest BCUT2D eigenvalue weighted by atomic mass is 16.5. The summed E-state index contributed by atoms with van der Waals surface area (Å²) >= 11 is 0. The van der Waals surface area contributed by atoms with Crippen LogP contribution in [-0.4, -0.2) is 25.5 Å². The monoisotopic (exact) mass is 318 g/mol. The van der Waals surface area contributed by atoms with E-state index in [1.54, 1.807) is 54.6 Å². The first-order chi connectivity index (χ1) is 11.7. The third kappa shape index (κ3) is 2.49. The van der Waals surface area contributed by atoms with Gasteiger partial charge in [-0.05, 0) is 6.07 Å². The van der Waals surface area contributed by atoms with Crippen molar-refractivity contribution in [2.75, 3.05) is 18.7 Å². The standard InChI is InChI=1S/C19H14N2O3/c1-24-12-21-16-10-6-5-9-14(16)17(19(21)23)15(11-20)18(22)13-7-3-2-4-8-13/h2-10H,12H2,1H3/b17-15-. The first kappa shape index (κ1) is 15.7. The molecular formula is C19H14N2O3. The average Bonchev–Trinajstić information content (AvgIpc) is 2.90. The van der Waals surface area contributed by atoms with Gasteiger partial charge in [0.2, 0.25) is 5.78 Å². The number of ketones is 1. The Morgan fingerprint density at radius 1 is 1.12 bits per heavy atom. The highest BCUT2D eigenvalue weighted by Gasteiger charge is 2.36. The van der Waals surface area contributed by atoms with Crippen LogP contribution in [0.15, 0.2) is 60.2 Å². The van der Waals surface area contributed by atoms with Gasteiger partial charge in [-0.15, -0.1) is 0 Å². The van der Waals surface area contributed by atoms with Crippen molar-refractivity contribution in [2.45, 2.75) is 0 Å². The summed E-state index contributed by atoms with van der Waals surface area (Å²) in [4.78, 5) is 26.9. The number of hydrogen-bond acceptors (Lipinski definition) is 4.